The van der Waals surface area contributed by atoms with Crippen LogP contribution < -0.4 is 11.1 Å². The van der Waals surface area contributed by atoms with Crippen LogP contribution in [0.5, 0.6) is 0 Å². The molecule has 3 N–H and O–H groups in total. The Morgan fingerprint density at radius 1 is 1.42 bits per heavy atom. The van der Waals surface area contributed by atoms with Gasteiger partial charge in [0.1, 0.15) is 0 Å². The Morgan fingerprint density at radius 3 is 2.63 bits per heavy atom. The van der Waals surface area contributed by atoms with Crippen molar-refractivity contribution < 1.29 is 14.3 Å². The highest BCUT2D eigenvalue weighted by atomic mass is 35.5. The number of nitrogens with one attached hydrogen (secondary N) is 1. The summed E-state index contributed by atoms with van der Waals surface area (Å²) in [5, 5.41) is 3.57. The normalized spacial score (nSPS) is 19.1. The smallest absolute Gasteiger partial charge is 0.250 e. The first kappa shape index (κ1) is 14.1. The fourth-order valence-electron chi connectivity index (χ4n) is 1.82. The van der Waals surface area contributed by atoms with Crippen LogP contribution in [0.2, 0.25) is 5.02 Å². The quantitative estimate of drug-likeness (QED) is 0.890. The second kappa shape index (κ2) is 5.36. The standard InChI is InChI=1S/C13H17ClN2O3/c1-13(2)18-6-9(7-19-13)16-8-3-4-11(14)10(5-8)12(15)17/h3-5,9,16H,6-7H2,1-2H3,(H2,15,17). The number of benzene rings is 1. The van der Waals surface area contributed by atoms with Crippen LogP contribution in [0.3, 0.4) is 0 Å². The van der Waals surface area contributed by atoms with E-state index in [1.807, 2.05) is 13.8 Å². The third-order valence-corrected chi connectivity index (χ3v) is 3.20. The van der Waals surface area contributed by atoms with E-state index in [1.165, 1.54) is 0 Å². The molecule has 0 bridgehead atoms. The highest BCUT2D eigenvalue weighted by Crippen LogP contribution is 2.23. The number of amides is 1. The summed E-state index contributed by atoms with van der Waals surface area (Å²) in [5.74, 6) is -1.10. The summed E-state index contributed by atoms with van der Waals surface area (Å²) in [6, 6.07) is 5.08. The van der Waals surface area contributed by atoms with Gasteiger partial charge in [-0.2, -0.15) is 0 Å². The van der Waals surface area contributed by atoms with Crippen LogP contribution in [0.15, 0.2) is 18.2 Å². The Morgan fingerprint density at radius 2 is 2.05 bits per heavy atom. The molecule has 1 heterocycles. The van der Waals surface area contributed by atoms with Gasteiger partial charge in [0.2, 0.25) is 5.91 Å². The molecule has 1 fully saturated rings. The number of anilines is 1. The molecule has 0 aromatic heterocycles. The maximum Gasteiger partial charge on any atom is 0.250 e. The first-order chi connectivity index (χ1) is 8.87. The SMILES string of the molecule is CC1(C)OCC(Nc2ccc(Cl)c(C(N)=O)c2)CO1. The lowest BCUT2D eigenvalue weighted by atomic mass is 10.1. The van der Waals surface area contributed by atoms with Gasteiger partial charge in [0.25, 0.3) is 0 Å². The second-order valence-corrected chi connectivity index (χ2v) is 5.33. The van der Waals surface area contributed by atoms with Gasteiger partial charge in [0, 0.05) is 5.69 Å². The molecule has 1 aromatic rings. The molecule has 1 aliphatic rings. The van der Waals surface area contributed by atoms with E-state index >= 15 is 0 Å². The summed E-state index contributed by atoms with van der Waals surface area (Å²) < 4.78 is 11.1. The zero-order valence-electron chi connectivity index (χ0n) is 10.9. The summed E-state index contributed by atoms with van der Waals surface area (Å²) in [6.07, 6.45) is 0. The van der Waals surface area contributed by atoms with Gasteiger partial charge in [-0.25, -0.2) is 0 Å². The minimum Gasteiger partial charge on any atom is -0.378 e. The van der Waals surface area contributed by atoms with Crippen LogP contribution in [-0.2, 0) is 9.47 Å². The third-order valence-electron chi connectivity index (χ3n) is 2.87. The van der Waals surface area contributed by atoms with Crippen molar-refractivity contribution in [2.45, 2.75) is 25.7 Å². The van der Waals surface area contributed by atoms with Crippen LogP contribution in [0, 0.1) is 0 Å². The number of carbonyl (C=O) groups excluding carboxylic acids is 1. The topological polar surface area (TPSA) is 73.6 Å². The number of nitrogens with two attached hydrogens (primary N) is 1. The summed E-state index contributed by atoms with van der Waals surface area (Å²) in [5.41, 5.74) is 6.31. The van der Waals surface area contributed by atoms with Crippen molar-refractivity contribution in [3.05, 3.63) is 28.8 Å². The van der Waals surface area contributed by atoms with Gasteiger partial charge in [-0.15, -0.1) is 0 Å². The van der Waals surface area contributed by atoms with Gasteiger partial charge in [0.15, 0.2) is 5.79 Å². The van der Waals surface area contributed by atoms with E-state index < -0.39 is 11.7 Å². The number of carbonyl (C=O) groups is 1. The van der Waals surface area contributed by atoms with Crippen molar-refractivity contribution in [1.29, 1.82) is 0 Å². The number of primary amides is 1. The Balaban J connectivity index is 2.04. The van der Waals surface area contributed by atoms with E-state index in [2.05, 4.69) is 5.32 Å². The zero-order valence-corrected chi connectivity index (χ0v) is 11.7. The van der Waals surface area contributed by atoms with E-state index in [0.717, 1.165) is 5.69 Å². The molecule has 1 aliphatic heterocycles. The van der Waals surface area contributed by atoms with Gasteiger partial charge in [0.05, 0.1) is 29.8 Å². The minimum absolute atomic E-state index is 0.0231. The van der Waals surface area contributed by atoms with Gasteiger partial charge in [-0.3, -0.25) is 4.79 Å². The van der Waals surface area contributed by atoms with Crippen molar-refractivity contribution in [2.75, 3.05) is 18.5 Å². The summed E-state index contributed by atoms with van der Waals surface area (Å²) in [6.45, 7) is 4.80. The summed E-state index contributed by atoms with van der Waals surface area (Å²) >= 11 is 5.89. The monoisotopic (exact) mass is 284 g/mol. The number of halogens is 1. The Labute approximate surface area is 117 Å². The van der Waals surface area contributed by atoms with Gasteiger partial charge in [-0.05, 0) is 32.0 Å². The van der Waals surface area contributed by atoms with Crippen molar-refractivity contribution >= 4 is 23.2 Å². The molecule has 2 rings (SSSR count). The predicted octanol–water partition coefficient (Wildman–Crippen LogP) is 2.00. The van der Waals surface area contributed by atoms with Crippen LogP contribution in [0.1, 0.15) is 24.2 Å². The van der Waals surface area contributed by atoms with Crippen LogP contribution in [0.4, 0.5) is 5.69 Å². The van der Waals surface area contributed by atoms with E-state index in [1.54, 1.807) is 18.2 Å². The highest BCUT2D eigenvalue weighted by Gasteiger charge is 2.28. The van der Waals surface area contributed by atoms with E-state index in [4.69, 9.17) is 26.8 Å². The molecule has 1 aromatic carbocycles. The maximum absolute atomic E-state index is 11.2. The van der Waals surface area contributed by atoms with Crippen LogP contribution >= 0.6 is 11.6 Å². The second-order valence-electron chi connectivity index (χ2n) is 4.92. The lowest BCUT2D eigenvalue weighted by molar-refractivity contribution is -0.247. The number of hydrogen-bond acceptors (Lipinski definition) is 4. The number of ether oxygens (including phenoxy) is 2. The average molecular weight is 285 g/mol. The lowest BCUT2D eigenvalue weighted by Crippen LogP contribution is -2.45. The fourth-order valence-corrected chi connectivity index (χ4v) is 2.03. The molecule has 0 spiro atoms. The molecule has 1 saturated heterocycles. The molecule has 0 atom stereocenters. The molecular formula is C13H17ClN2O3. The van der Waals surface area contributed by atoms with Crippen molar-refractivity contribution in [1.82, 2.24) is 0 Å². The highest BCUT2D eigenvalue weighted by molar-refractivity contribution is 6.33. The molecule has 104 valence electrons. The Bertz CT molecular complexity index is 481. The summed E-state index contributed by atoms with van der Waals surface area (Å²) in [7, 11) is 0. The molecule has 5 nitrogen and oxygen atoms in total. The Kier molecular flexibility index (Phi) is 3.99. The molecule has 19 heavy (non-hydrogen) atoms. The first-order valence-electron chi connectivity index (χ1n) is 6.01. The minimum atomic E-state index is -0.550. The van der Waals surface area contributed by atoms with Gasteiger partial charge in [-0.1, -0.05) is 11.6 Å². The lowest BCUT2D eigenvalue weighted by Gasteiger charge is -2.35. The molecule has 0 unspecified atom stereocenters. The van der Waals surface area contributed by atoms with Gasteiger partial charge < -0.3 is 20.5 Å². The zero-order chi connectivity index (χ0) is 14.0. The largest absolute Gasteiger partial charge is 0.378 e. The van der Waals surface area contributed by atoms with E-state index in [-0.39, 0.29) is 6.04 Å². The van der Waals surface area contributed by atoms with Crippen molar-refractivity contribution in [2.24, 2.45) is 5.73 Å². The maximum atomic E-state index is 11.2. The van der Waals surface area contributed by atoms with Crippen LogP contribution in [0.25, 0.3) is 0 Å². The van der Waals surface area contributed by atoms with E-state index in [0.29, 0.717) is 23.8 Å². The molecule has 0 saturated carbocycles. The fraction of sp³-hybridized carbons (Fsp3) is 0.462. The molecule has 0 radical (unpaired) electrons. The number of hydrogen-bond donors (Lipinski definition) is 2. The Hall–Kier alpha value is -1.30. The third kappa shape index (κ3) is 3.59. The first-order valence-corrected chi connectivity index (χ1v) is 6.39. The van der Waals surface area contributed by atoms with Crippen LogP contribution in [-0.4, -0.2) is 30.9 Å². The molecule has 0 aliphatic carbocycles. The molecular weight excluding hydrogens is 268 g/mol. The van der Waals surface area contributed by atoms with Crippen molar-refractivity contribution in [3.8, 4) is 0 Å². The average Bonchev–Trinajstić information content (AvgIpc) is 2.34. The summed E-state index contributed by atoms with van der Waals surface area (Å²) in [4.78, 5) is 11.2. The number of rotatable bonds is 3. The molecule has 1 amide bonds. The van der Waals surface area contributed by atoms with Gasteiger partial charge >= 0.3 is 0 Å². The van der Waals surface area contributed by atoms with E-state index in [9.17, 15) is 4.79 Å². The predicted molar refractivity (Wildman–Crippen MR) is 73.4 cm³/mol. The molecule has 6 heteroatoms. The van der Waals surface area contributed by atoms with Crippen molar-refractivity contribution in [3.63, 3.8) is 0 Å².